The van der Waals surface area contributed by atoms with Gasteiger partial charge in [-0.1, -0.05) is 72.3 Å². The highest BCUT2D eigenvalue weighted by molar-refractivity contribution is 6.32. The van der Waals surface area contributed by atoms with E-state index in [1.54, 1.807) is 18.3 Å². The quantitative estimate of drug-likeness (QED) is 0.765. The SMILES string of the molecule is O=c1c(Cl)c(NC/C=C/c2ccccc2)cnn1-c1ccccc1. The fourth-order valence-electron chi connectivity index (χ4n) is 2.24. The van der Waals surface area contributed by atoms with Gasteiger partial charge in [-0.05, 0) is 17.7 Å². The second kappa shape index (κ2) is 7.62. The van der Waals surface area contributed by atoms with E-state index in [0.717, 1.165) is 5.56 Å². The summed E-state index contributed by atoms with van der Waals surface area (Å²) in [6, 6.07) is 19.2. The van der Waals surface area contributed by atoms with E-state index in [1.807, 2.05) is 60.7 Å². The molecule has 24 heavy (non-hydrogen) atoms. The van der Waals surface area contributed by atoms with Gasteiger partial charge < -0.3 is 5.32 Å². The summed E-state index contributed by atoms with van der Waals surface area (Å²) in [5, 5.41) is 7.41. The van der Waals surface area contributed by atoms with Gasteiger partial charge in [0.05, 0.1) is 17.6 Å². The maximum atomic E-state index is 12.4. The molecule has 1 heterocycles. The van der Waals surface area contributed by atoms with Gasteiger partial charge in [-0.25, -0.2) is 0 Å². The van der Waals surface area contributed by atoms with Crippen molar-refractivity contribution in [2.24, 2.45) is 0 Å². The molecule has 0 spiro atoms. The summed E-state index contributed by atoms with van der Waals surface area (Å²) in [6.45, 7) is 0.547. The summed E-state index contributed by atoms with van der Waals surface area (Å²) in [4.78, 5) is 12.4. The lowest BCUT2D eigenvalue weighted by Gasteiger charge is -2.09. The summed E-state index contributed by atoms with van der Waals surface area (Å²) in [7, 11) is 0. The predicted octanol–water partition coefficient (Wildman–Crippen LogP) is 4.01. The van der Waals surface area contributed by atoms with Crippen LogP contribution < -0.4 is 10.9 Å². The minimum Gasteiger partial charge on any atom is -0.379 e. The van der Waals surface area contributed by atoms with E-state index in [0.29, 0.717) is 17.9 Å². The zero-order valence-electron chi connectivity index (χ0n) is 12.9. The molecular weight excluding hydrogens is 322 g/mol. The van der Waals surface area contributed by atoms with Crippen LogP contribution in [0.15, 0.2) is 77.7 Å². The first kappa shape index (κ1) is 16.0. The first-order chi connectivity index (χ1) is 11.8. The molecule has 0 aliphatic carbocycles. The lowest BCUT2D eigenvalue weighted by atomic mass is 10.2. The van der Waals surface area contributed by atoms with E-state index in [-0.39, 0.29) is 10.6 Å². The Morgan fingerprint density at radius 3 is 2.42 bits per heavy atom. The van der Waals surface area contributed by atoms with Crippen LogP contribution in [0.3, 0.4) is 0 Å². The van der Waals surface area contributed by atoms with E-state index < -0.39 is 0 Å². The van der Waals surface area contributed by atoms with E-state index in [1.165, 1.54) is 4.68 Å². The highest BCUT2D eigenvalue weighted by Crippen LogP contribution is 2.16. The van der Waals surface area contributed by atoms with Gasteiger partial charge in [0.1, 0.15) is 5.02 Å². The maximum absolute atomic E-state index is 12.4. The standard InChI is InChI=1S/C19H16ClN3O/c20-18-17(21-13-7-10-15-8-3-1-4-9-15)14-22-23(19(18)24)16-11-5-2-6-12-16/h1-12,14,21H,13H2/b10-7+. The van der Waals surface area contributed by atoms with Crippen molar-refractivity contribution in [2.75, 3.05) is 11.9 Å². The number of halogens is 1. The number of nitrogens with zero attached hydrogens (tertiary/aromatic N) is 2. The monoisotopic (exact) mass is 337 g/mol. The zero-order chi connectivity index (χ0) is 16.8. The van der Waals surface area contributed by atoms with Gasteiger partial charge in [0.15, 0.2) is 0 Å². The lowest BCUT2D eigenvalue weighted by Crippen LogP contribution is -2.22. The van der Waals surface area contributed by atoms with Crippen LogP contribution in [0.25, 0.3) is 11.8 Å². The first-order valence-electron chi connectivity index (χ1n) is 7.54. The molecule has 0 aliphatic rings. The molecule has 0 radical (unpaired) electrons. The minimum atomic E-state index is -0.347. The number of anilines is 1. The Kier molecular flexibility index (Phi) is 5.08. The van der Waals surface area contributed by atoms with Gasteiger partial charge >= 0.3 is 0 Å². The number of nitrogens with one attached hydrogen (secondary N) is 1. The van der Waals surface area contributed by atoms with Gasteiger partial charge in [-0.15, -0.1) is 0 Å². The van der Waals surface area contributed by atoms with Crippen LogP contribution in [-0.4, -0.2) is 16.3 Å². The third-order valence-electron chi connectivity index (χ3n) is 3.44. The Hall–Kier alpha value is -2.85. The Morgan fingerprint density at radius 2 is 1.71 bits per heavy atom. The Morgan fingerprint density at radius 1 is 1.04 bits per heavy atom. The van der Waals surface area contributed by atoms with Gasteiger partial charge in [0.2, 0.25) is 0 Å². The number of benzene rings is 2. The molecule has 0 amide bonds. The van der Waals surface area contributed by atoms with Crippen molar-refractivity contribution in [2.45, 2.75) is 0 Å². The van der Waals surface area contributed by atoms with Crippen LogP contribution in [-0.2, 0) is 0 Å². The summed E-state index contributed by atoms with van der Waals surface area (Å²) in [5.74, 6) is 0. The second-order valence-electron chi connectivity index (χ2n) is 5.12. The molecule has 0 bridgehead atoms. The predicted molar refractivity (Wildman–Crippen MR) is 98.8 cm³/mol. The van der Waals surface area contributed by atoms with E-state index in [4.69, 9.17) is 11.6 Å². The second-order valence-corrected chi connectivity index (χ2v) is 5.50. The molecule has 2 aromatic carbocycles. The summed E-state index contributed by atoms with van der Waals surface area (Å²) in [6.07, 6.45) is 5.53. The fourth-order valence-corrected chi connectivity index (χ4v) is 2.43. The molecular formula is C19H16ClN3O. The third kappa shape index (κ3) is 3.73. The number of aromatic nitrogens is 2. The molecule has 3 aromatic rings. The average molecular weight is 338 g/mol. The highest BCUT2D eigenvalue weighted by atomic mass is 35.5. The van der Waals surface area contributed by atoms with Crippen molar-refractivity contribution >= 4 is 23.4 Å². The van der Waals surface area contributed by atoms with Crippen LogP contribution in [0, 0.1) is 0 Å². The Bertz CT molecular complexity index is 889. The smallest absolute Gasteiger partial charge is 0.292 e. The molecule has 0 saturated heterocycles. The van der Waals surface area contributed by atoms with Crippen molar-refractivity contribution in [1.29, 1.82) is 0 Å². The van der Waals surface area contributed by atoms with Gasteiger partial charge in [-0.2, -0.15) is 9.78 Å². The molecule has 0 fully saturated rings. The van der Waals surface area contributed by atoms with Crippen LogP contribution in [0.2, 0.25) is 5.02 Å². The minimum absolute atomic E-state index is 0.127. The molecule has 0 atom stereocenters. The van der Waals surface area contributed by atoms with Crippen molar-refractivity contribution in [1.82, 2.24) is 9.78 Å². The molecule has 5 heteroatoms. The number of hydrogen-bond donors (Lipinski definition) is 1. The van der Waals surface area contributed by atoms with Crippen LogP contribution in [0.5, 0.6) is 0 Å². The highest BCUT2D eigenvalue weighted by Gasteiger charge is 2.09. The van der Waals surface area contributed by atoms with Gasteiger partial charge in [-0.3, -0.25) is 4.79 Å². The third-order valence-corrected chi connectivity index (χ3v) is 3.81. The normalized spacial score (nSPS) is 10.9. The van der Waals surface area contributed by atoms with Crippen molar-refractivity contribution in [3.05, 3.63) is 93.9 Å². The summed E-state index contributed by atoms with van der Waals surface area (Å²) < 4.78 is 1.29. The topological polar surface area (TPSA) is 46.9 Å². The van der Waals surface area contributed by atoms with E-state index >= 15 is 0 Å². The molecule has 120 valence electrons. The largest absolute Gasteiger partial charge is 0.379 e. The number of para-hydroxylation sites is 1. The molecule has 4 nitrogen and oxygen atoms in total. The molecule has 0 unspecified atom stereocenters. The average Bonchev–Trinajstić information content (AvgIpc) is 2.64. The molecule has 0 saturated carbocycles. The zero-order valence-corrected chi connectivity index (χ0v) is 13.6. The van der Waals surface area contributed by atoms with E-state index in [9.17, 15) is 4.79 Å². The summed E-state index contributed by atoms with van der Waals surface area (Å²) >= 11 is 6.18. The first-order valence-corrected chi connectivity index (χ1v) is 7.92. The molecule has 1 N–H and O–H groups in total. The van der Waals surface area contributed by atoms with Crippen LogP contribution >= 0.6 is 11.6 Å². The van der Waals surface area contributed by atoms with Crippen molar-refractivity contribution in [3.8, 4) is 5.69 Å². The fraction of sp³-hybridized carbons (Fsp3) is 0.0526. The van der Waals surface area contributed by atoms with Gasteiger partial charge in [0.25, 0.3) is 5.56 Å². The lowest BCUT2D eigenvalue weighted by molar-refractivity contribution is 0.808. The van der Waals surface area contributed by atoms with Crippen molar-refractivity contribution in [3.63, 3.8) is 0 Å². The molecule has 0 aliphatic heterocycles. The number of rotatable bonds is 5. The maximum Gasteiger partial charge on any atom is 0.292 e. The van der Waals surface area contributed by atoms with Crippen LogP contribution in [0.4, 0.5) is 5.69 Å². The number of hydrogen-bond acceptors (Lipinski definition) is 3. The summed E-state index contributed by atoms with van der Waals surface area (Å²) in [5.41, 5.74) is 1.97. The molecule has 1 aromatic heterocycles. The van der Waals surface area contributed by atoms with Crippen molar-refractivity contribution < 1.29 is 0 Å². The van der Waals surface area contributed by atoms with E-state index in [2.05, 4.69) is 10.4 Å². The van der Waals surface area contributed by atoms with Gasteiger partial charge in [0, 0.05) is 6.54 Å². The Labute approximate surface area is 145 Å². The molecule has 3 rings (SSSR count). The Balaban J connectivity index is 1.72. The van der Waals surface area contributed by atoms with Crippen LogP contribution in [0.1, 0.15) is 5.56 Å².